The number of halogens is 2. The second-order valence-corrected chi connectivity index (χ2v) is 9.22. The van der Waals surface area contributed by atoms with Crippen LogP contribution in [0.25, 0.3) is 0 Å². The summed E-state index contributed by atoms with van der Waals surface area (Å²) in [6.07, 6.45) is 1.45. The second-order valence-electron chi connectivity index (χ2n) is 9.22. The van der Waals surface area contributed by atoms with E-state index in [1.165, 1.54) is 12.1 Å². The topological polar surface area (TPSA) is 60.0 Å². The molecule has 1 saturated heterocycles. The van der Waals surface area contributed by atoms with Crippen LogP contribution in [0.2, 0.25) is 0 Å². The largest absolute Gasteiger partial charge is 0.494 e. The Kier molecular flexibility index (Phi) is 7.64. The van der Waals surface area contributed by atoms with E-state index in [0.29, 0.717) is 18.7 Å². The molecule has 0 radical (unpaired) electrons. The Morgan fingerprint density at radius 2 is 1.73 bits per heavy atom. The molecule has 1 aliphatic heterocycles. The Hall–Kier alpha value is -2.65. The minimum atomic E-state index is -2.87. The maximum Gasteiger partial charge on any atom is 0.494 e. The van der Waals surface area contributed by atoms with E-state index >= 15 is 0 Å². The molecule has 1 atom stereocenters. The van der Waals surface area contributed by atoms with Gasteiger partial charge in [0, 0.05) is 30.0 Å². The van der Waals surface area contributed by atoms with Crippen LogP contribution < -0.4 is 20.4 Å². The molecular weight excluding hydrogens is 429 g/mol. The highest BCUT2D eigenvalue weighted by molar-refractivity contribution is 6.62. The lowest BCUT2D eigenvalue weighted by molar-refractivity contribution is -0.107. The van der Waals surface area contributed by atoms with Gasteiger partial charge in [-0.05, 0) is 70.8 Å². The van der Waals surface area contributed by atoms with Gasteiger partial charge >= 0.3 is 13.7 Å². The van der Waals surface area contributed by atoms with Crippen molar-refractivity contribution in [3.63, 3.8) is 0 Å². The van der Waals surface area contributed by atoms with E-state index in [9.17, 15) is 13.6 Å². The summed E-state index contributed by atoms with van der Waals surface area (Å²) < 4.78 is 41.4. The van der Waals surface area contributed by atoms with Crippen molar-refractivity contribution in [1.29, 1.82) is 0 Å². The number of hydrogen-bond acceptors (Lipinski definition) is 5. The third kappa shape index (κ3) is 6.24. The molecule has 3 rings (SSSR count). The van der Waals surface area contributed by atoms with Crippen molar-refractivity contribution in [3.8, 4) is 5.75 Å². The fourth-order valence-electron chi connectivity index (χ4n) is 3.50. The molecular formula is C24H31BF2N2O4. The first-order chi connectivity index (χ1) is 15.5. The molecule has 1 heterocycles. The number of ether oxygens (including phenoxy) is 1. The van der Waals surface area contributed by atoms with Gasteiger partial charge in [-0.3, -0.25) is 4.79 Å². The van der Waals surface area contributed by atoms with E-state index in [1.807, 2.05) is 58.9 Å². The van der Waals surface area contributed by atoms with Gasteiger partial charge in [0.1, 0.15) is 5.75 Å². The first kappa shape index (κ1) is 25.0. The van der Waals surface area contributed by atoms with Crippen LogP contribution in [0.1, 0.15) is 41.0 Å². The molecule has 1 amide bonds. The number of anilines is 2. The van der Waals surface area contributed by atoms with Crippen LogP contribution in [0.5, 0.6) is 5.75 Å². The van der Waals surface area contributed by atoms with E-state index in [1.54, 1.807) is 17.0 Å². The monoisotopic (exact) mass is 460 g/mol. The van der Waals surface area contributed by atoms with Crippen molar-refractivity contribution in [1.82, 2.24) is 0 Å². The van der Waals surface area contributed by atoms with Gasteiger partial charge < -0.3 is 24.3 Å². The summed E-state index contributed by atoms with van der Waals surface area (Å²) in [4.78, 5) is 13.3. The van der Waals surface area contributed by atoms with E-state index in [0.717, 1.165) is 17.6 Å². The molecule has 2 aromatic carbocycles. The number of nitrogens with zero attached hydrogens (tertiary/aromatic N) is 1. The zero-order valence-corrected chi connectivity index (χ0v) is 19.7. The summed E-state index contributed by atoms with van der Waals surface area (Å²) in [6, 6.07) is 14.0. The number of carbonyl (C=O) groups is 1. The standard InChI is InChI=1S/C24H31BF2N2O4/c1-17(28-19-7-6-8-21(15-19)31-22(26)27)13-14-29(16-30)20-11-9-18(10-12-20)25-32-23(2,3)24(4,5)33-25/h6-12,15-17,22,28H,13-14H2,1-5H3. The Balaban J connectivity index is 1.56. The zero-order valence-electron chi connectivity index (χ0n) is 19.7. The normalized spacial score (nSPS) is 17.6. The smallest absolute Gasteiger partial charge is 0.435 e. The van der Waals surface area contributed by atoms with Crippen molar-refractivity contribution in [3.05, 3.63) is 48.5 Å². The molecule has 0 spiro atoms. The van der Waals surface area contributed by atoms with Crippen LogP contribution in [0.15, 0.2) is 48.5 Å². The maximum atomic E-state index is 12.4. The number of rotatable bonds is 10. The molecule has 9 heteroatoms. The van der Waals surface area contributed by atoms with Crippen molar-refractivity contribution in [2.75, 3.05) is 16.8 Å². The van der Waals surface area contributed by atoms with Crippen molar-refractivity contribution < 1.29 is 27.6 Å². The van der Waals surface area contributed by atoms with Gasteiger partial charge in [0.25, 0.3) is 0 Å². The lowest BCUT2D eigenvalue weighted by atomic mass is 9.79. The number of benzene rings is 2. The van der Waals surface area contributed by atoms with Crippen LogP contribution in [0, 0.1) is 0 Å². The van der Waals surface area contributed by atoms with Crippen molar-refractivity contribution in [2.24, 2.45) is 0 Å². The average Bonchev–Trinajstić information content (AvgIpc) is 2.96. The van der Waals surface area contributed by atoms with E-state index < -0.39 is 24.9 Å². The van der Waals surface area contributed by atoms with Gasteiger partial charge in [0.2, 0.25) is 6.41 Å². The highest BCUT2D eigenvalue weighted by Crippen LogP contribution is 2.36. The number of hydrogen-bond donors (Lipinski definition) is 1. The molecule has 0 aliphatic carbocycles. The van der Waals surface area contributed by atoms with Gasteiger partial charge in [-0.2, -0.15) is 8.78 Å². The molecule has 0 bridgehead atoms. The molecule has 1 N–H and O–H groups in total. The Morgan fingerprint density at radius 3 is 2.30 bits per heavy atom. The average molecular weight is 460 g/mol. The number of nitrogens with one attached hydrogen (secondary N) is 1. The van der Waals surface area contributed by atoms with Crippen LogP contribution in [0.4, 0.5) is 20.2 Å². The molecule has 1 unspecified atom stereocenters. The lowest BCUT2D eigenvalue weighted by Gasteiger charge is -2.32. The quantitative estimate of drug-likeness (QED) is 0.420. The van der Waals surface area contributed by atoms with E-state index in [2.05, 4.69) is 10.1 Å². The van der Waals surface area contributed by atoms with Gasteiger partial charge in [-0.1, -0.05) is 18.2 Å². The zero-order chi connectivity index (χ0) is 24.2. The molecule has 0 aromatic heterocycles. The lowest BCUT2D eigenvalue weighted by Crippen LogP contribution is -2.41. The maximum absolute atomic E-state index is 12.4. The first-order valence-corrected chi connectivity index (χ1v) is 11.0. The Morgan fingerprint density at radius 1 is 1.09 bits per heavy atom. The SMILES string of the molecule is CC(CCN(C=O)c1ccc(B2OC(C)(C)C(C)(C)O2)cc1)Nc1cccc(OC(F)F)c1. The molecule has 33 heavy (non-hydrogen) atoms. The molecule has 178 valence electrons. The molecule has 0 saturated carbocycles. The van der Waals surface area contributed by atoms with Gasteiger partial charge in [0.05, 0.1) is 11.2 Å². The van der Waals surface area contributed by atoms with Crippen molar-refractivity contribution in [2.45, 2.75) is 64.9 Å². The van der Waals surface area contributed by atoms with Crippen LogP contribution in [0.3, 0.4) is 0 Å². The second kappa shape index (κ2) is 10.1. The van der Waals surface area contributed by atoms with Crippen molar-refractivity contribution >= 4 is 30.4 Å². The number of amides is 1. The van der Waals surface area contributed by atoms with E-state index in [-0.39, 0.29) is 11.8 Å². The number of alkyl halides is 2. The Bertz CT molecular complexity index is 924. The summed E-state index contributed by atoms with van der Waals surface area (Å²) >= 11 is 0. The third-order valence-corrected chi connectivity index (χ3v) is 6.15. The Labute approximate surface area is 194 Å². The molecule has 1 aliphatic rings. The summed E-state index contributed by atoms with van der Waals surface area (Å²) in [6.45, 7) is 7.61. The van der Waals surface area contributed by atoms with Gasteiger partial charge in [-0.15, -0.1) is 0 Å². The fraction of sp³-hybridized carbons (Fsp3) is 0.458. The molecule has 1 fully saturated rings. The highest BCUT2D eigenvalue weighted by atomic mass is 19.3. The summed E-state index contributed by atoms with van der Waals surface area (Å²) in [5, 5.41) is 3.25. The summed E-state index contributed by atoms with van der Waals surface area (Å²) in [7, 11) is -0.456. The molecule has 6 nitrogen and oxygen atoms in total. The van der Waals surface area contributed by atoms with Crippen LogP contribution in [-0.4, -0.2) is 43.9 Å². The van der Waals surface area contributed by atoms with Gasteiger partial charge in [-0.25, -0.2) is 0 Å². The molecule has 2 aromatic rings. The third-order valence-electron chi connectivity index (χ3n) is 6.15. The highest BCUT2D eigenvalue weighted by Gasteiger charge is 2.51. The fourth-order valence-corrected chi connectivity index (χ4v) is 3.50. The predicted molar refractivity (Wildman–Crippen MR) is 126 cm³/mol. The van der Waals surface area contributed by atoms with Gasteiger partial charge in [0.15, 0.2) is 0 Å². The van der Waals surface area contributed by atoms with Crippen LogP contribution >= 0.6 is 0 Å². The minimum Gasteiger partial charge on any atom is -0.435 e. The van der Waals surface area contributed by atoms with Crippen LogP contribution in [-0.2, 0) is 14.1 Å². The minimum absolute atomic E-state index is 0.00160. The predicted octanol–water partition coefficient (Wildman–Crippen LogP) is 4.44. The first-order valence-electron chi connectivity index (χ1n) is 11.0. The summed E-state index contributed by atoms with van der Waals surface area (Å²) in [5.41, 5.74) is 1.50. The van der Waals surface area contributed by atoms with E-state index in [4.69, 9.17) is 9.31 Å². The summed E-state index contributed by atoms with van der Waals surface area (Å²) in [5.74, 6) is 0.0961. The number of carbonyl (C=O) groups excluding carboxylic acids is 1.